The zero-order valence-electron chi connectivity index (χ0n) is 8.21. The van der Waals surface area contributed by atoms with Crippen LogP contribution in [0.4, 0.5) is 0 Å². The molecule has 0 aromatic rings. The summed E-state index contributed by atoms with van der Waals surface area (Å²) < 4.78 is 0. The summed E-state index contributed by atoms with van der Waals surface area (Å²) in [5, 5.41) is 0. The Labute approximate surface area is 75.1 Å². The lowest BCUT2D eigenvalue weighted by Crippen LogP contribution is -2.47. The lowest BCUT2D eigenvalue weighted by Gasteiger charge is -2.32. The maximum atomic E-state index is 6.01. The van der Waals surface area contributed by atoms with Crippen LogP contribution in [0.5, 0.6) is 0 Å². The summed E-state index contributed by atoms with van der Waals surface area (Å²) in [6.45, 7) is 6.64. The number of piperidine rings is 1. The Kier molecular flexibility index (Phi) is 1.92. The second kappa shape index (κ2) is 2.71. The van der Waals surface area contributed by atoms with Crippen molar-refractivity contribution in [2.45, 2.75) is 44.7 Å². The van der Waals surface area contributed by atoms with Crippen molar-refractivity contribution < 1.29 is 0 Å². The minimum atomic E-state index is -0.00944. The van der Waals surface area contributed by atoms with Crippen molar-refractivity contribution in [1.29, 1.82) is 0 Å². The van der Waals surface area contributed by atoms with Crippen LogP contribution in [0, 0.1) is 5.92 Å². The molecule has 70 valence electrons. The molecule has 0 amide bonds. The number of nitrogens with zero attached hydrogens (tertiary/aromatic N) is 1. The Morgan fingerprint density at radius 2 is 2.17 bits per heavy atom. The Bertz CT molecular complexity index is 171. The number of nitrogens with two attached hydrogens (primary N) is 1. The van der Waals surface area contributed by atoms with Gasteiger partial charge in [-0.1, -0.05) is 0 Å². The van der Waals surface area contributed by atoms with Gasteiger partial charge in [-0.2, -0.15) is 0 Å². The van der Waals surface area contributed by atoms with E-state index < -0.39 is 0 Å². The minimum Gasteiger partial charge on any atom is -0.324 e. The summed E-state index contributed by atoms with van der Waals surface area (Å²) >= 11 is 0. The van der Waals surface area contributed by atoms with Gasteiger partial charge in [0.2, 0.25) is 0 Å². The molecule has 1 saturated heterocycles. The molecule has 2 aliphatic rings. The monoisotopic (exact) mass is 168 g/mol. The zero-order chi connectivity index (χ0) is 8.77. The molecule has 0 aromatic heterocycles. The van der Waals surface area contributed by atoms with Crippen LogP contribution >= 0.6 is 0 Å². The maximum Gasteiger partial charge on any atom is 0.0226 e. The van der Waals surface area contributed by atoms with Crippen molar-refractivity contribution in [1.82, 2.24) is 4.90 Å². The molecule has 2 heteroatoms. The average Bonchev–Trinajstić information content (AvgIpc) is 2.42. The van der Waals surface area contributed by atoms with E-state index in [2.05, 4.69) is 18.7 Å². The molecule has 2 rings (SSSR count). The van der Waals surface area contributed by atoms with Crippen LogP contribution < -0.4 is 5.73 Å². The Hall–Kier alpha value is -0.0800. The van der Waals surface area contributed by atoms with E-state index in [9.17, 15) is 0 Å². The molecule has 0 spiro atoms. The Morgan fingerprint density at radius 1 is 1.42 bits per heavy atom. The van der Waals surface area contributed by atoms with E-state index in [4.69, 9.17) is 5.73 Å². The summed E-state index contributed by atoms with van der Waals surface area (Å²) in [7, 11) is 0. The predicted octanol–water partition coefficient (Wildman–Crippen LogP) is 1.21. The number of rotatable bonds is 2. The van der Waals surface area contributed by atoms with Crippen molar-refractivity contribution in [3.63, 3.8) is 0 Å². The van der Waals surface area contributed by atoms with Crippen molar-refractivity contribution in [3.05, 3.63) is 0 Å². The maximum absolute atomic E-state index is 6.01. The molecule has 2 fully saturated rings. The summed E-state index contributed by atoms with van der Waals surface area (Å²) in [4.78, 5) is 2.59. The topological polar surface area (TPSA) is 29.3 Å². The quantitative estimate of drug-likeness (QED) is 0.671. The Balaban J connectivity index is 1.91. The first-order chi connectivity index (χ1) is 5.54. The van der Waals surface area contributed by atoms with Gasteiger partial charge in [-0.15, -0.1) is 0 Å². The van der Waals surface area contributed by atoms with Crippen molar-refractivity contribution >= 4 is 0 Å². The molecule has 2 atom stereocenters. The molecule has 0 radical (unpaired) electrons. The number of fused-ring (bicyclic) bond motifs is 2. The van der Waals surface area contributed by atoms with Gasteiger partial charge >= 0.3 is 0 Å². The molecule has 2 N–H and O–H groups in total. The molecule has 0 aromatic carbocycles. The van der Waals surface area contributed by atoms with Gasteiger partial charge in [0.25, 0.3) is 0 Å². The molecule has 12 heavy (non-hydrogen) atoms. The fourth-order valence-corrected chi connectivity index (χ4v) is 2.74. The zero-order valence-corrected chi connectivity index (χ0v) is 8.21. The van der Waals surface area contributed by atoms with E-state index >= 15 is 0 Å². The normalized spacial score (nSPS) is 36.2. The molecule has 1 saturated carbocycles. The summed E-state index contributed by atoms with van der Waals surface area (Å²) in [5.74, 6) is 0.998. The van der Waals surface area contributed by atoms with Crippen molar-refractivity contribution in [2.75, 3.05) is 13.1 Å². The first kappa shape index (κ1) is 8.52. The highest BCUT2D eigenvalue weighted by atomic mass is 15.2. The van der Waals surface area contributed by atoms with E-state index in [0.717, 1.165) is 18.5 Å². The molecular formula is C10H20N2. The van der Waals surface area contributed by atoms with Crippen LogP contribution in [-0.2, 0) is 0 Å². The van der Waals surface area contributed by atoms with E-state index in [1.807, 2.05) is 0 Å². The third-order valence-corrected chi connectivity index (χ3v) is 3.13. The molecular weight excluding hydrogens is 148 g/mol. The van der Waals surface area contributed by atoms with Crippen LogP contribution in [0.25, 0.3) is 0 Å². The van der Waals surface area contributed by atoms with E-state index in [0.29, 0.717) is 0 Å². The lowest BCUT2D eigenvalue weighted by atomic mass is 10.0. The second-order valence-corrected chi connectivity index (χ2v) is 5.25. The van der Waals surface area contributed by atoms with Crippen molar-refractivity contribution in [2.24, 2.45) is 11.7 Å². The van der Waals surface area contributed by atoms with Crippen LogP contribution in [0.2, 0.25) is 0 Å². The molecule has 2 nitrogen and oxygen atoms in total. The molecule has 2 bridgehead atoms. The van der Waals surface area contributed by atoms with Gasteiger partial charge in [0.1, 0.15) is 0 Å². The third-order valence-electron chi connectivity index (χ3n) is 3.13. The Morgan fingerprint density at radius 3 is 2.58 bits per heavy atom. The van der Waals surface area contributed by atoms with E-state index in [1.165, 1.54) is 25.8 Å². The van der Waals surface area contributed by atoms with Crippen LogP contribution in [-0.4, -0.2) is 29.6 Å². The van der Waals surface area contributed by atoms with Crippen molar-refractivity contribution in [3.8, 4) is 0 Å². The molecule has 2 unspecified atom stereocenters. The van der Waals surface area contributed by atoms with Gasteiger partial charge in [-0.05, 0) is 39.0 Å². The van der Waals surface area contributed by atoms with Crippen LogP contribution in [0.3, 0.4) is 0 Å². The van der Waals surface area contributed by atoms with Gasteiger partial charge in [0, 0.05) is 24.7 Å². The SMILES string of the molecule is CC(C)(N)CN1CC2CCC1C2. The molecule has 1 aliphatic carbocycles. The largest absolute Gasteiger partial charge is 0.324 e. The van der Waals surface area contributed by atoms with Crippen LogP contribution in [0.15, 0.2) is 0 Å². The van der Waals surface area contributed by atoms with Gasteiger partial charge in [-0.3, -0.25) is 4.90 Å². The highest BCUT2D eigenvalue weighted by molar-refractivity contribution is 4.94. The number of likely N-dealkylation sites (tertiary alicyclic amines) is 1. The first-order valence-corrected chi connectivity index (χ1v) is 5.07. The fourth-order valence-electron chi connectivity index (χ4n) is 2.74. The van der Waals surface area contributed by atoms with Gasteiger partial charge in [0.05, 0.1) is 0 Å². The number of hydrogen-bond acceptors (Lipinski definition) is 2. The first-order valence-electron chi connectivity index (χ1n) is 5.07. The summed E-state index contributed by atoms with van der Waals surface area (Å²) in [6.07, 6.45) is 4.32. The second-order valence-electron chi connectivity index (χ2n) is 5.25. The summed E-state index contributed by atoms with van der Waals surface area (Å²) in [5.41, 5.74) is 6.00. The molecule has 1 heterocycles. The standard InChI is InChI=1S/C10H20N2/c1-10(2,11)7-12-6-8-3-4-9(12)5-8/h8-9H,3-7,11H2,1-2H3. The van der Waals surface area contributed by atoms with Crippen LogP contribution in [0.1, 0.15) is 33.1 Å². The summed E-state index contributed by atoms with van der Waals surface area (Å²) in [6, 6.07) is 0.873. The average molecular weight is 168 g/mol. The fraction of sp³-hybridized carbons (Fsp3) is 1.00. The van der Waals surface area contributed by atoms with Gasteiger partial charge in [-0.25, -0.2) is 0 Å². The number of hydrogen-bond donors (Lipinski definition) is 1. The lowest BCUT2D eigenvalue weighted by molar-refractivity contribution is 0.178. The van der Waals surface area contributed by atoms with Gasteiger partial charge in [0.15, 0.2) is 0 Å². The van der Waals surface area contributed by atoms with E-state index in [-0.39, 0.29) is 5.54 Å². The minimum absolute atomic E-state index is 0.00944. The van der Waals surface area contributed by atoms with Gasteiger partial charge < -0.3 is 5.73 Å². The highest BCUT2D eigenvalue weighted by Crippen LogP contribution is 2.37. The smallest absolute Gasteiger partial charge is 0.0226 e. The predicted molar refractivity (Wildman–Crippen MR) is 51.0 cm³/mol. The molecule has 1 aliphatic heterocycles. The van der Waals surface area contributed by atoms with E-state index in [1.54, 1.807) is 0 Å². The highest BCUT2D eigenvalue weighted by Gasteiger charge is 2.38. The third kappa shape index (κ3) is 1.64.